The molecule has 0 amide bonds. The van der Waals surface area contributed by atoms with Gasteiger partial charge in [0.2, 0.25) is 0 Å². The third kappa shape index (κ3) is 3.40. The third-order valence-electron chi connectivity index (χ3n) is 2.96. The first-order chi connectivity index (χ1) is 8.79. The van der Waals surface area contributed by atoms with E-state index in [0.29, 0.717) is 11.7 Å². The van der Waals surface area contributed by atoms with Gasteiger partial charge in [-0.2, -0.15) is 0 Å². The van der Waals surface area contributed by atoms with E-state index in [-0.39, 0.29) is 5.69 Å². The van der Waals surface area contributed by atoms with Gasteiger partial charge in [-0.15, -0.1) is 0 Å². The summed E-state index contributed by atoms with van der Waals surface area (Å²) in [6, 6.07) is 0. The van der Waals surface area contributed by atoms with Gasteiger partial charge in [-0.25, -0.2) is 14.8 Å². The van der Waals surface area contributed by atoms with E-state index in [0.717, 1.165) is 32.6 Å². The van der Waals surface area contributed by atoms with E-state index >= 15 is 0 Å². The minimum Gasteiger partial charge on any atom is -0.464 e. The lowest BCUT2D eigenvalue weighted by molar-refractivity contribution is 0.0593. The Morgan fingerprint density at radius 2 is 2.22 bits per heavy atom. The summed E-state index contributed by atoms with van der Waals surface area (Å²) in [5.41, 5.74) is 0.217. The molecular formula is C12H17N3O3. The Hall–Kier alpha value is -1.69. The molecule has 0 aliphatic carbocycles. The summed E-state index contributed by atoms with van der Waals surface area (Å²) in [5, 5.41) is 3.22. The second-order valence-corrected chi connectivity index (χ2v) is 4.22. The summed E-state index contributed by atoms with van der Waals surface area (Å²) < 4.78 is 9.85. The minimum absolute atomic E-state index is 0.217. The second-order valence-electron chi connectivity index (χ2n) is 4.22. The van der Waals surface area contributed by atoms with Crippen LogP contribution in [0.5, 0.6) is 0 Å². The molecule has 6 nitrogen and oxygen atoms in total. The van der Waals surface area contributed by atoms with Gasteiger partial charge in [-0.05, 0) is 18.8 Å². The molecule has 0 aromatic carbocycles. The van der Waals surface area contributed by atoms with Crippen LogP contribution < -0.4 is 5.32 Å². The topological polar surface area (TPSA) is 73.3 Å². The fourth-order valence-corrected chi connectivity index (χ4v) is 1.83. The van der Waals surface area contributed by atoms with Gasteiger partial charge in [0.15, 0.2) is 5.69 Å². The molecular weight excluding hydrogens is 234 g/mol. The maximum atomic E-state index is 11.2. The normalized spacial score (nSPS) is 16.3. The van der Waals surface area contributed by atoms with E-state index in [9.17, 15) is 4.79 Å². The SMILES string of the molecule is COC(=O)c1cnc(NCC2CCOCC2)cn1. The smallest absolute Gasteiger partial charge is 0.358 e. The standard InChI is InChI=1S/C12H17N3O3/c1-17-12(16)10-7-15-11(8-13-10)14-6-9-2-4-18-5-3-9/h7-9H,2-6H2,1H3,(H,14,15). The number of aromatic nitrogens is 2. The Kier molecular flexibility index (Phi) is 4.46. The molecule has 0 atom stereocenters. The molecule has 1 N–H and O–H groups in total. The maximum absolute atomic E-state index is 11.2. The number of carbonyl (C=O) groups excluding carboxylic acids is 1. The van der Waals surface area contributed by atoms with E-state index in [2.05, 4.69) is 20.0 Å². The summed E-state index contributed by atoms with van der Waals surface area (Å²) in [5.74, 6) is 0.813. The van der Waals surface area contributed by atoms with E-state index in [1.54, 1.807) is 6.20 Å². The van der Waals surface area contributed by atoms with Crippen LogP contribution in [0.15, 0.2) is 12.4 Å². The lowest BCUT2D eigenvalue weighted by atomic mass is 10.0. The molecule has 1 aliphatic heterocycles. The molecule has 1 aromatic rings. The highest BCUT2D eigenvalue weighted by Crippen LogP contribution is 2.15. The van der Waals surface area contributed by atoms with Crippen LogP contribution in [-0.4, -0.2) is 42.8 Å². The van der Waals surface area contributed by atoms with Crippen LogP contribution in [-0.2, 0) is 9.47 Å². The summed E-state index contributed by atoms with van der Waals surface area (Å²) >= 11 is 0. The van der Waals surface area contributed by atoms with Crippen LogP contribution in [0.3, 0.4) is 0 Å². The number of anilines is 1. The third-order valence-corrected chi connectivity index (χ3v) is 2.96. The highest BCUT2D eigenvalue weighted by molar-refractivity contribution is 5.86. The Morgan fingerprint density at radius 3 is 2.83 bits per heavy atom. The van der Waals surface area contributed by atoms with E-state index in [1.165, 1.54) is 13.3 Å². The van der Waals surface area contributed by atoms with Crippen LogP contribution in [0.25, 0.3) is 0 Å². The molecule has 0 spiro atoms. The number of hydrogen-bond acceptors (Lipinski definition) is 6. The average molecular weight is 251 g/mol. The summed E-state index contributed by atoms with van der Waals surface area (Å²) in [7, 11) is 1.32. The van der Waals surface area contributed by atoms with Crippen molar-refractivity contribution in [3.63, 3.8) is 0 Å². The Bertz CT molecular complexity index is 388. The van der Waals surface area contributed by atoms with Gasteiger partial charge in [0, 0.05) is 19.8 Å². The number of carbonyl (C=O) groups is 1. The van der Waals surface area contributed by atoms with Crippen molar-refractivity contribution in [2.75, 3.05) is 32.2 Å². The molecule has 2 heterocycles. The molecule has 1 saturated heterocycles. The molecule has 1 aliphatic rings. The van der Waals surface area contributed by atoms with E-state index in [1.807, 2.05) is 0 Å². The number of nitrogens with one attached hydrogen (secondary N) is 1. The second kappa shape index (κ2) is 6.30. The number of hydrogen-bond donors (Lipinski definition) is 1. The van der Waals surface area contributed by atoms with Crippen molar-refractivity contribution in [3.05, 3.63) is 18.1 Å². The quantitative estimate of drug-likeness (QED) is 0.808. The number of methoxy groups -OCH3 is 1. The van der Waals surface area contributed by atoms with E-state index < -0.39 is 5.97 Å². The Labute approximate surface area is 106 Å². The molecule has 0 saturated carbocycles. The van der Waals surface area contributed by atoms with Gasteiger partial charge in [-0.1, -0.05) is 0 Å². The molecule has 0 radical (unpaired) electrons. The Balaban J connectivity index is 1.84. The van der Waals surface area contributed by atoms with Gasteiger partial charge in [0.05, 0.1) is 19.5 Å². The highest BCUT2D eigenvalue weighted by atomic mass is 16.5. The van der Waals surface area contributed by atoms with Crippen molar-refractivity contribution in [3.8, 4) is 0 Å². The van der Waals surface area contributed by atoms with Gasteiger partial charge < -0.3 is 14.8 Å². The maximum Gasteiger partial charge on any atom is 0.358 e. The molecule has 1 fully saturated rings. The van der Waals surface area contributed by atoms with Gasteiger partial charge in [-0.3, -0.25) is 0 Å². The number of rotatable bonds is 4. The largest absolute Gasteiger partial charge is 0.464 e. The zero-order chi connectivity index (χ0) is 12.8. The van der Waals surface area contributed by atoms with Crippen molar-refractivity contribution in [1.82, 2.24) is 9.97 Å². The summed E-state index contributed by atoms with van der Waals surface area (Å²) in [6.07, 6.45) is 5.10. The zero-order valence-electron chi connectivity index (χ0n) is 10.4. The molecule has 2 rings (SSSR count). The number of nitrogens with zero attached hydrogens (tertiary/aromatic N) is 2. The average Bonchev–Trinajstić information content (AvgIpc) is 2.46. The molecule has 18 heavy (non-hydrogen) atoms. The van der Waals surface area contributed by atoms with Crippen molar-refractivity contribution in [2.24, 2.45) is 5.92 Å². The Morgan fingerprint density at radius 1 is 1.44 bits per heavy atom. The number of esters is 1. The molecule has 6 heteroatoms. The van der Waals surface area contributed by atoms with Crippen molar-refractivity contribution in [1.29, 1.82) is 0 Å². The summed E-state index contributed by atoms with van der Waals surface area (Å²) in [6.45, 7) is 2.52. The lowest BCUT2D eigenvalue weighted by Crippen LogP contribution is -2.23. The predicted molar refractivity (Wildman–Crippen MR) is 65.4 cm³/mol. The van der Waals surface area contributed by atoms with Crippen molar-refractivity contribution >= 4 is 11.8 Å². The van der Waals surface area contributed by atoms with Gasteiger partial charge in [0.1, 0.15) is 5.82 Å². The lowest BCUT2D eigenvalue weighted by Gasteiger charge is -2.22. The molecule has 0 unspecified atom stereocenters. The highest BCUT2D eigenvalue weighted by Gasteiger charge is 2.13. The fraction of sp³-hybridized carbons (Fsp3) is 0.583. The van der Waals surface area contributed by atoms with Crippen LogP contribution in [0.2, 0.25) is 0 Å². The molecule has 1 aromatic heterocycles. The van der Waals surface area contributed by atoms with Crippen LogP contribution in [0, 0.1) is 5.92 Å². The molecule has 0 bridgehead atoms. The van der Waals surface area contributed by atoms with Crippen LogP contribution >= 0.6 is 0 Å². The zero-order valence-corrected chi connectivity index (χ0v) is 10.4. The first-order valence-corrected chi connectivity index (χ1v) is 6.01. The van der Waals surface area contributed by atoms with Gasteiger partial charge >= 0.3 is 5.97 Å². The van der Waals surface area contributed by atoms with Crippen molar-refractivity contribution in [2.45, 2.75) is 12.8 Å². The predicted octanol–water partition coefficient (Wildman–Crippen LogP) is 1.10. The van der Waals surface area contributed by atoms with Gasteiger partial charge in [0.25, 0.3) is 0 Å². The van der Waals surface area contributed by atoms with Crippen LogP contribution in [0.4, 0.5) is 5.82 Å². The molecule has 98 valence electrons. The van der Waals surface area contributed by atoms with Crippen LogP contribution in [0.1, 0.15) is 23.3 Å². The number of ether oxygens (including phenoxy) is 2. The first kappa shape index (κ1) is 12.8. The minimum atomic E-state index is -0.474. The monoisotopic (exact) mass is 251 g/mol. The van der Waals surface area contributed by atoms with Crippen molar-refractivity contribution < 1.29 is 14.3 Å². The fourth-order valence-electron chi connectivity index (χ4n) is 1.83. The van der Waals surface area contributed by atoms with E-state index in [4.69, 9.17) is 4.74 Å². The first-order valence-electron chi connectivity index (χ1n) is 6.01. The summed E-state index contributed by atoms with van der Waals surface area (Å²) in [4.78, 5) is 19.3.